The van der Waals surface area contributed by atoms with Crippen LogP contribution in [0, 0.1) is 5.92 Å². The van der Waals surface area contributed by atoms with Gasteiger partial charge in [-0.25, -0.2) is 12.4 Å². The Labute approximate surface area is 142 Å². The number of rotatable bonds is 3. The average molecular weight is 402 g/mol. The van der Waals surface area contributed by atoms with Crippen molar-refractivity contribution in [1.29, 1.82) is 0 Å². The summed E-state index contributed by atoms with van der Waals surface area (Å²) < 4.78 is 26.7. The summed E-state index contributed by atoms with van der Waals surface area (Å²) >= 11 is 9.48. The standard InChI is InChI=1S/C15H14BrClN2O2S/c1-15(9-12(17)5-4-11(15)10-16)22(20,21)19-8-6-13-14(19)3-2-7-18-13/h2-9,11H,10H2,1H3. The number of nitrogens with zero attached hydrogens (tertiary/aromatic N) is 2. The van der Waals surface area contributed by atoms with Crippen molar-refractivity contribution >= 4 is 48.6 Å². The van der Waals surface area contributed by atoms with Gasteiger partial charge in [0.2, 0.25) is 10.0 Å². The third-order valence-corrected chi connectivity index (χ3v) is 7.35. The van der Waals surface area contributed by atoms with Crippen molar-refractivity contribution in [1.82, 2.24) is 8.96 Å². The molecule has 4 nitrogen and oxygen atoms in total. The van der Waals surface area contributed by atoms with Gasteiger partial charge < -0.3 is 0 Å². The molecule has 1 aliphatic carbocycles. The number of fused-ring (bicyclic) bond motifs is 1. The van der Waals surface area contributed by atoms with Crippen LogP contribution in [0.2, 0.25) is 0 Å². The molecule has 2 unspecified atom stereocenters. The molecule has 0 bridgehead atoms. The molecule has 0 amide bonds. The topological polar surface area (TPSA) is 52.0 Å². The van der Waals surface area contributed by atoms with Gasteiger partial charge in [0, 0.05) is 28.7 Å². The van der Waals surface area contributed by atoms with Crippen LogP contribution in [-0.4, -0.2) is 27.5 Å². The fraction of sp³-hybridized carbons (Fsp3) is 0.267. The summed E-state index contributed by atoms with van der Waals surface area (Å²) in [4.78, 5) is 4.19. The van der Waals surface area contributed by atoms with Crippen molar-refractivity contribution in [3.8, 4) is 0 Å². The monoisotopic (exact) mass is 400 g/mol. The summed E-state index contributed by atoms with van der Waals surface area (Å²) in [7, 11) is -3.70. The normalized spacial score (nSPS) is 25.4. The van der Waals surface area contributed by atoms with E-state index in [4.69, 9.17) is 11.6 Å². The highest BCUT2D eigenvalue weighted by molar-refractivity contribution is 9.09. The Morgan fingerprint density at radius 3 is 2.95 bits per heavy atom. The summed E-state index contributed by atoms with van der Waals surface area (Å²) in [6, 6.07) is 5.17. The van der Waals surface area contributed by atoms with Crippen LogP contribution in [-0.2, 0) is 10.0 Å². The van der Waals surface area contributed by atoms with E-state index in [2.05, 4.69) is 20.9 Å². The fourth-order valence-electron chi connectivity index (χ4n) is 2.66. The van der Waals surface area contributed by atoms with Crippen LogP contribution in [0.15, 0.2) is 53.9 Å². The fourth-order valence-corrected chi connectivity index (χ4v) is 6.01. The van der Waals surface area contributed by atoms with Gasteiger partial charge >= 0.3 is 0 Å². The van der Waals surface area contributed by atoms with Gasteiger partial charge in [0.15, 0.2) is 0 Å². The molecule has 0 aliphatic heterocycles. The minimum atomic E-state index is -3.70. The lowest BCUT2D eigenvalue weighted by atomic mass is 9.91. The zero-order valence-corrected chi connectivity index (χ0v) is 14.9. The highest BCUT2D eigenvalue weighted by Crippen LogP contribution is 2.38. The second-order valence-electron chi connectivity index (χ2n) is 5.36. The molecule has 0 aromatic carbocycles. The van der Waals surface area contributed by atoms with E-state index in [0.717, 1.165) is 0 Å². The van der Waals surface area contributed by atoms with Crippen LogP contribution in [0.3, 0.4) is 0 Å². The zero-order chi connectivity index (χ0) is 16.0. The number of allylic oxidation sites excluding steroid dienone is 3. The third-order valence-electron chi connectivity index (χ3n) is 4.05. The van der Waals surface area contributed by atoms with E-state index in [-0.39, 0.29) is 5.92 Å². The van der Waals surface area contributed by atoms with E-state index in [1.54, 1.807) is 49.7 Å². The number of halogens is 2. The van der Waals surface area contributed by atoms with E-state index in [1.165, 1.54) is 3.97 Å². The molecule has 0 saturated carbocycles. The van der Waals surface area contributed by atoms with Crippen LogP contribution in [0.25, 0.3) is 11.0 Å². The van der Waals surface area contributed by atoms with Crippen molar-refractivity contribution in [2.24, 2.45) is 5.92 Å². The number of hydrogen-bond donors (Lipinski definition) is 0. The summed E-state index contributed by atoms with van der Waals surface area (Å²) in [5.74, 6) is -0.214. The van der Waals surface area contributed by atoms with Crippen molar-refractivity contribution in [2.45, 2.75) is 11.7 Å². The minimum Gasteiger partial charge on any atom is -0.255 e. The summed E-state index contributed by atoms with van der Waals surface area (Å²) in [6.07, 6.45) is 8.36. The van der Waals surface area contributed by atoms with E-state index < -0.39 is 14.8 Å². The van der Waals surface area contributed by atoms with Crippen molar-refractivity contribution in [2.75, 3.05) is 5.33 Å². The lowest BCUT2D eigenvalue weighted by Crippen LogP contribution is -2.45. The smallest absolute Gasteiger partial charge is 0.248 e. The number of hydrogen-bond acceptors (Lipinski definition) is 3. The minimum absolute atomic E-state index is 0.214. The van der Waals surface area contributed by atoms with Crippen LogP contribution in [0.1, 0.15) is 6.92 Å². The molecule has 0 radical (unpaired) electrons. The summed E-state index contributed by atoms with van der Waals surface area (Å²) in [6.45, 7) is 1.70. The van der Waals surface area contributed by atoms with Gasteiger partial charge in [0.05, 0.1) is 11.0 Å². The van der Waals surface area contributed by atoms with Crippen LogP contribution < -0.4 is 0 Å². The zero-order valence-electron chi connectivity index (χ0n) is 11.8. The van der Waals surface area contributed by atoms with Crippen LogP contribution in [0.4, 0.5) is 0 Å². The molecule has 2 heterocycles. The molecule has 2 aromatic rings. The second-order valence-corrected chi connectivity index (χ2v) is 8.66. The molecule has 0 saturated heterocycles. The molecular weight excluding hydrogens is 388 g/mol. The Hall–Kier alpha value is -1.11. The van der Waals surface area contributed by atoms with Crippen LogP contribution >= 0.6 is 27.5 Å². The first-order valence-electron chi connectivity index (χ1n) is 6.70. The van der Waals surface area contributed by atoms with Gasteiger partial charge in [-0.2, -0.15) is 0 Å². The first-order chi connectivity index (χ1) is 10.4. The molecule has 0 spiro atoms. The number of aromatic nitrogens is 2. The lowest BCUT2D eigenvalue weighted by molar-refractivity contribution is 0.512. The van der Waals surface area contributed by atoms with Gasteiger partial charge in [0.25, 0.3) is 0 Å². The summed E-state index contributed by atoms with van der Waals surface area (Å²) in [5.41, 5.74) is 1.21. The highest BCUT2D eigenvalue weighted by atomic mass is 79.9. The maximum Gasteiger partial charge on any atom is 0.248 e. The van der Waals surface area contributed by atoms with Gasteiger partial charge in [-0.05, 0) is 37.3 Å². The largest absolute Gasteiger partial charge is 0.255 e. The Kier molecular flexibility index (Phi) is 3.95. The maximum atomic E-state index is 13.3. The Balaban J connectivity index is 2.23. The first-order valence-corrected chi connectivity index (χ1v) is 9.64. The van der Waals surface area contributed by atoms with E-state index in [0.29, 0.717) is 21.4 Å². The Bertz CT molecular complexity index is 888. The third kappa shape index (κ3) is 2.25. The van der Waals surface area contributed by atoms with Gasteiger partial charge in [-0.15, -0.1) is 0 Å². The van der Waals surface area contributed by atoms with E-state index in [9.17, 15) is 8.42 Å². The Morgan fingerprint density at radius 2 is 2.23 bits per heavy atom. The predicted molar refractivity (Wildman–Crippen MR) is 92.8 cm³/mol. The van der Waals surface area contributed by atoms with Crippen molar-refractivity contribution in [3.05, 3.63) is 53.9 Å². The molecule has 22 heavy (non-hydrogen) atoms. The van der Waals surface area contributed by atoms with Crippen LogP contribution in [0.5, 0.6) is 0 Å². The van der Waals surface area contributed by atoms with Crippen molar-refractivity contribution < 1.29 is 8.42 Å². The number of pyridine rings is 1. The molecule has 2 aromatic heterocycles. The average Bonchev–Trinajstić information content (AvgIpc) is 2.91. The Morgan fingerprint density at radius 1 is 1.45 bits per heavy atom. The van der Waals surface area contributed by atoms with Crippen molar-refractivity contribution in [3.63, 3.8) is 0 Å². The predicted octanol–water partition coefficient (Wildman–Crippen LogP) is 3.68. The summed E-state index contributed by atoms with van der Waals surface area (Å²) in [5, 5.41) is 0.954. The molecule has 1 aliphatic rings. The van der Waals surface area contributed by atoms with E-state index in [1.807, 2.05) is 6.08 Å². The van der Waals surface area contributed by atoms with Gasteiger partial charge in [0.1, 0.15) is 4.75 Å². The quantitative estimate of drug-likeness (QED) is 0.737. The maximum absolute atomic E-state index is 13.3. The molecule has 7 heteroatoms. The number of alkyl halides is 1. The lowest BCUT2D eigenvalue weighted by Gasteiger charge is -2.34. The molecular formula is C15H14BrClN2O2S. The molecule has 2 atom stereocenters. The molecule has 3 rings (SSSR count). The highest BCUT2D eigenvalue weighted by Gasteiger charge is 2.46. The molecule has 0 N–H and O–H groups in total. The molecule has 116 valence electrons. The van der Waals surface area contributed by atoms with Gasteiger partial charge in [-0.1, -0.05) is 33.6 Å². The molecule has 0 fully saturated rings. The SMILES string of the molecule is CC1(S(=O)(=O)n2ccc3ncccc32)C=C(Cl)C=CC1CBr. The van der Waals surface area contributed by atoms with E-state index >= 15 is 0 Å². The van der Waals surface area contributed by atoms with Gasteiger partial charge in [-0.3, -0.25) is 4.98 Å². The first kappa shape index (κ1) is 15.8. The second kappa shape index (κ2) is 5.51.